The van der Waals surface area contributed by atoms with E-state index in [1.54, 1.807) is 0 Å². The molecule has 3 rings (SSSR count). The second-order valence-corrected chi connectivity index (χ2v) is 8.53. The number of likely N-dealkylation sites (tertiary alicyclic amines) is 1. The molecule has 3 nitrogen and oxygen atoms in total. The highest BCUT2D eigenvalue weighted by Crippen LogP contribution is 2.33. The highest BCUT2D eigenvalue weighted by Gasteiger charge is 2.33. The van der Waals surface area contributed by atoms with E-state index < -0.39 is 0 Å². The Morgan fingerprint density at radius 1 is 1.17 bits per heavy atom. The molecule has 4 heteroatoms. The number of piperidine rings is 1. The van der Waals surface area contributed by atoms with Crippen molar-refractivity contribution in [2.45, 2.75) is 24.0 Å². The Hall–Kier alpha value is -0.710. The predicted octanol–water partition coefficient (Wildman–Crippen LogP) is 2.93. The molecule has 0 bridgehead atoms. The summed E-state index contributed by atoms with van der Waals surface area (Å²) in [5.41, 5.74) is 1.38. The van der Waals surface area contributed by atoms with Crippen molar-refractivity contribution in [3.63, 3.8) is 0 Å². The van der Waals surface area contributed by atoms with Crippen molar-refractivity contribution in [3.8, 4) is 0 Å². The van der Waals surface area contributed by atoms with Gasteiger partial charge in [0.15, 0.2) is 0 Å². The van der Waals surface area contributed by atoms with E-state index in [0.29, 0.717) is 4.75 Å². The van der Waals surface area contributed by atoms with Crippen molar-refractivity contribution < 1.29 is 0 Å². The van der Waals surface area contributed by atoms with E-state index in [2.05, 4.69) is 70.5 Å². The fourth-order valence-electron chi connectivity index (χ4n) is 3.86. The van der Waals surface area contributed by atoms with Gasteiger partial charge < -0.3 is 15.1 Å². The standard InChI is InChI=1S/C19H31N3S/c1-21-12-9-19(23-2,10-13-21)16-20-14-17-8-11-22(15-17)18-6-4-3-5-7-18/h3-7,17,20H,8-16H2,1-2H3. The maximum Gasteiger partial charge on any atom is 0.0366 e. The average Bonchev–Trinajstić information content (AvgIpc) is 3.07. The Morgan fingerprint density at radius 3 is 2.61 bits per heavy atom. The number of anilines is 1. The highest BCUT2D eigenvalue weighted by atomic mass is 32.2. The van der Waals surface area contributed by atoms with Gasteiger partial charge in [0, 0.05) is 30.1 Å². The van der Waals surface area contributed by atoms with Crippen LogP contribution in [0, 0.1) is 5.92 Å². The third-order valence-corrected chi connectivity index (χ3v) is 7.04. The first kappa shape index (κ1) is 17.1. The molecule has 128 valence electrons. The first-order valence-corrected chi connectivity index (χ1v) is 10.2. The van der Waals surface area contributed by atoms with Gasteiger partial charge in [-0.2, -0.15) is 11.8 Å². The molecule has 1 atom stereocenters. The molecule has 23 heavy (non-hydrogen) atoms. The quantitative estimate of drug-likeness (QED) is 0.862. The molecule has 0 amide bonds. The average molecular weight is 334 g/mol. The summed E-state index contributed by atoms with van der Waals surface area (Å²) < 4.78 is 0.463. The molecule has 0 saturated carbocycles. The van der Waals surface area contributed by atoms with Crippen LogP contribution >= 0.6 is 11.8 Å². The van der Waals surface area contributed by atoms with Crippen molar-refractivity contribution in [3.05, 3.63) is 30.3 Å². The molecule has 0 radical (unpaired) electrons. The maximum atomic E-state index is 3.81. The minimum atomic E-state index is 0.463. The highest BCUT2D eigenvalue weighted by molar-refractivity contribution is 8.00. The number of para-hydroxylation sites is 1. The van der Waals surface area contributed by atoms with Crippen molar-refractivity contribution >= 4 is 17.4 Å². The molecule has 0 spiro atoms. The van der Waals surface area contributed by atoms with E-state index in [1.165, 1.54) is 64.2 Å². The van der Waals surface area contributed by atoms with Gasteiger partial charge in [-0.1, -0.05) is 18.2 Å². The number of nitrogens with one attached hydrogen (secondary N) is 1. The van der Waals surface area contributed by atoms with Gasteiger partial charge in [-0.15, -0.1) is 0 Å². The summed E-state index contributed by atoms with van der Waals surface area (Å²) in [5, 5.41) is 3.81. The van der Waals surface area contributed by atoms with Gasteiger partial charge in [0.25, 0.3) is 0 Å². The summed E-state index contributed by atoms with van der Waals surface area (Å²) in [6, 6.07) is 10.8. The largest absolute Gasteiger partial charge is 0.371 e. The van der Waals surface area contributed by atoms with E-state index in [4.69, 9.17) is 0 Å². The molecule has 1 N–H and O–H groups in total. The smallest absolute Gasteiger partial charge is 0.0366 e. The molecule has 2 saturated heterocycles. The number of thioether (sulfide) groups is 1. The predicted molar refractivity (Wildman–Crippen MR) is 103 cm³/mol. The van der Waals surface area contributed by atoms with Crippen LogP contribution in [0.4, 0.5) is 5.69 Å². The second kappa shape index (κ2) is 7.91. The van der Waals surface area contributed by atoms with Crippen molar-refractivity contribution in [1.82, 2.24) is 10.2 Å². The van der Waals surface area contributed by atoms with Crippen LogP contribution in [0.1, 0.15) is 19.3 Å². The monoisotopic (exact) mass is 333 g/mol. The Morgan fingerprint density at radius 2 is 1.91 bits per heavy atom. The molecule has 2 fully saturated rings. The van der Waals surface area contributed by atoms with Crippen LogP contribution < -0.4 is 10.2 Å². The third-order valence-electron chi connectivity index (χ3n) is 5.62. The van der Waals surface area contributed by atoms with Crippen molar-refractivity contribution in [2.75, 3.05) is 57.5 Å². The van der Waals surface area contributed by atoms with Gasteiger partial charge in [-0.05, 0) is 70.3 Å². The zero-order valence-corrected chi connectivity index (χ0v) is 15.4. The molecule has 2 aliphatic rings. The molecule has 2 heterocycles. The van der Waals surface area contributed by atoms with E-state index in [9.17, 15) is 0 Å². The molecule has 0 aliphatic carbocycles. The van der Waals surface area contributed by atoms with E-state index in [-0.39, 0.29) is 0 Å². The summed E-state index contributed by atoms with van der Waals surface area (Å²) in [6.45, 7) is 7.23. The Bertz CT molecular complexity index is 471. The summed E-state index contributed by atoms with van der Waals surface area (Å²) in [7, 11) is 2.24. The van der Waals surface area contributed by atoms with Gasteiger partial charge in [0.1, 0.15) is 0 Å². The summed E-state index contributed by atoms with van der Waals surface area (Å²) in [6.07, 6.45) is 6.24. The normalized spacial score (nSPS) is 25.0. The van der Waals surface area contributed by atoms with E-state index in [1.807, 2.05) is 0 Å². The molecule has 2 aliphatic heterocycles. The molecule has 1 aromatic rings. The lowest BCUT2D eigenvalue weighted by atomic mass is 9.95. The topological polar surface area (TPSA) is 18.5 Å². The summed E-state index contributed by atoms with van der Waals surface area (Å²) in [5.74, 6) is 0.792. The number of hydrogen-bond acceptors (Lipinski definition) is 4. The van der Waals surface area contributed by atoms with Crippen LogP contribution in [-0.2, 0) is 0 Å². The van der Waals surface area contributed by atoms with Gasteiger partial charge in [-0.3, -0.25) is 0 Å². The first-order chi connectivity index (χ1) is 11.2. The SMILES string of the molecule is CSC1(CNCC2CCN(c3ccccc3)C2)CCN(C)CC1. The minimum absolute atomic E-state index is 0.463. The van der Waals surface area contributed by atoms with Gasteiger partial charge >= 0.3 is 0 Å². The lowest BCUT2D eigenvalue weighted by molar-refractivity contribution is 0.234. The van der Waals surface area contributed by atoms with Crippen LogP contribution in [0.3, 0.4) is 0 Å². The number of benzene rings is 1. The van der Waals surface area contributed by atoms with Gasteiger partial charge in [-0.25, -0.2) is 0 Å². The lowest BCUT2D eigenvalue weighted by Gasteiger charge is -2.40. The fourth-order valence-corrected chi connectivity index (χ4v) is 4.69. The minimum Gasteiger partial charge on any atom is -0.371 e. The van der Waals surface area contributed by atoms with Crippen LogP contribution in [0.15, 0.2) is 30.3 Å². The van der Waals surface area contributed by atoms with Crippen LogP contribution in [0.25, 0.3) is 0 Å². The second-order valence-electron chi connectivity index (χ2n) is 7.26. The van der Waals surface area contributed by atoms with Crippen molar-refractivity contribution in [1.29, 1.82) is 0 Å². The molecular formula is C19H31N3S. The lowest BCUT2D eigenvalue weighted by Crippen LogP contribution is -2.47. The Kier molecular flexibility index (Phi) is 5.89. The maximum absolute atomic E-state index is 3.81. The Balaban J connectivity index is 1.43. The molecule has 1 aromatic carbocycles. The van der Waals surface area contributed by atoms with Crippen LogP contribution in [0.5, 0.6) is 0 Å². The first-order valence-electron chi connectivity index (χ1n) is 8.95. The fraction of sp³-hybridized carbons (Fsp3) is 0.684. The van der Waals surface area contributed by atoms with E-state index >= 15 is 0 Å². The molecular weight excluding hydrogens is 302 g/mol. The number of hydrogen-bond donors (Lipinski definition) is 1. The van der Waals surface area contributed by atoms with Gasteiger partial charge in [0.05, 0.1) is 0 Å². The Labute approximate surface area is 145 Å². The molecule has 0 aromatic heterocycles. The van der Waals surface area contributed by atoms with Crippen molar-refractivity contribution in [2.24, 2.45) is 5.92 Å². The van der Waals surface area contributed by atoms with Gasteiger partial charge in [0.2, 0.25) is 0 Å². The number of nitrogens with zero attached hydrogens (tertiary/aromatic N) is 2. The summed E-state index contributed by atoms with van der Waals surface area (Å²) >= 11 is 2.08. The third kappa shape index (κ3) is 4.43. The van der Waals surface area contributed by atoms with Crippen LogP contribution in [-0.4, -0.2) is 62.2 Å². The zero-order chi connectivity index (χ0) is 16.1. The molecule has 1 unspecified atom stereocenters. The van der Waals surface area contributed by atoms with E-state index in [0.717, 1.165) is 5.92 Å². The van der Waals surface area contributed by atoms with Crippen LogP contribution in [0.2, 0.25) is 0 Å². The number of rotatable bonds is 6. The zero-order valence-electron chi connectivity index (χ0n) is 14.6. The summed E-state index contributed by atoms with van der Waals surface area (Å²) in [4.78, 5) is 5.00.